The lowest BCUT2D eigenvalue weighted by molar-refractivity contribution is 0.0738. The molecule has 1 aromatic carbocycles. The number of hydrogen-bond donors (Lipinski definition) is 0. The van der Waals surface area contributed by atoms with E-state index in [1.54, 1.807) is 18.2 Å². The molecule has 130 valence electrons. The van der Waals surface area contributed by atoms with Gasteiger partial charge in [-0.2, -0.15) is 0 Å². The summed E-state index contributed by atoms with van der Waals surface area (Å²) in [5.74, 6) is -0.0897. The number of benzene rings is 1. The molecule has 0 atom stereocenters. The van der Waals surface area contributed by atoms with Crippen LogP contribution in [0, 0.1) is 0 Å². The van der Waals surface area contributed by atoms with Crippen molar-refractivity contribution >= 4 is 21.8 Å². The standard InChI is InChI=1S/C18H24N2O3S/c1-2-20(13-12-19-10-4-3-5-11-19)18(21)16-7-6-8-17-15(16)9-14-24(17,22)23/h6-9,14H,2-5,10-13H2,1H3. The zero-order valence-electron chi connectivity index (χ0n) is 14.1. The van der Waals surface area contributed by atoms with Gasteiger partial charge in [-0.3, -0.25) is 4.79 Å². The van der Waals surface area contributed by atoms with Crippen molar-refractivity contribution in [1.82, 2.24) is 9.80 Å². The average Bonchev–Trinajstić information content (AvgIpc) is 2.91. The Morgan fingerprint density at radius 2 is 1.96 bits per heavy atom. The molecule has 2 heterocycles. The zero-order chi connectivity index (χ0) is 17.2. The maximum Gasteiger partial charge on any atom is 0.254 e. The van der Waals surface area contributed by atoms with Gasteiger partial charge in [0, 0.05) is 36.2 Å². The van der Waals surface area contributed by atoms with Crippen LogP contribution in [-0.4, -0.2) is 56.8 Å². The van der Waals surface area contributed by atoms with E-state index in [0.717, 1.165) is 19.6 Å². The second kappa shape index (κ2) is 7.07. The van der Waals surface area contributed by atoms with E-state index in [2.05, 4.69) is 4.90 Å². The molecule has 1 amide bonds. The monoisotopic (exact) mass is 348 g/mol. The fraction of sp³-hybridized carbons (Fsp3) is 0.500. The molecule has 0 aromatic heterocycles. The molecule has 1 fully saturated rings. The minimum absolute atomic E-state index is 0.0897. The topological polar surface area (TPSA) is 57.7 Å². The number of carbonyl (C=O) groups excluding carboxylic acids is 1. The van der Waals surface area contributed by atoms with E-state index in [0.29, 0.717) is 24.2 Å². The van der Waals surface area contributed by atoms with Gasteiger partial charge in [-0.05, 0) is 51.1 Å². The SMILES string of the molecule is CCN(CCN1CCCCC1)C(=O)c1cccc2c1C=CS2(=O)=O. The van der Waals surface area contributed by atoms with Crippen LogP contribution in [-0.2, 0) is 9.84 Å². The van der Waals surface area contributed by atoms with Crippen LogP contribution in [0.1, 0.15) is 42.1 Å². The molecule has 0 unspecified atom stereocenters. The summed E-state index contributed by atoms with van der Waals surface area (Å²) in [5.41, 5.74) is 1.00. The second-order valence-electron chi connectivity index (χ2n) is 6.35. The fourth-order valence-electron chi connectivity index (χ4n) is 3.40. The van der Waals surface area contributed by atoms with Crippen LogP contribution < -0.4 is 0 Å². The van der Waals surface area contributed by atoms with Crippen molar-refractivity contribution in [2.45, 2.75) is 31.1 Å². The van der Waals surface area contributed by atoms with E-state index >= 15 is 0 Å². The third-order valence-corrected chi connectivity index (χ3v) is 6.28. The van der Waals surface area contributed by atoms with Crippen LogP contribution in [0.2, 0.25) is 0 Å². The highest BCUT2D eigenvalue weighted by Crippen LogP contribution is 2.30. The Morgan fingerprint density at radius 3 is 2.67 bits per heavy atom. The number of carbonyl (C=O) groups is 1. The number of sulfone groups is 1. The minimum atomic E-state index is -3.38. The molecular weight excluding hydrogens is 324 g/mol. The van der Waals surface area contributed by atoms with E-state index in [9.17, 15) is 13.2 Å². The number of fused-ring (bicyclic) bond motifs is 1. The summed E-state index contributed by atoms with van der Waals surface area (Å²) < 4.78 is 24.0. The quantitative estimate of drug-likeness (QED) is 0.820. The Bertz CT molecular complexity index is 750. The van der Waals surface area contributed by atoms with Crippen LogP contribution >= 0.6 is 0 Å². The summed E-state index contributed by atoms with van der Waals surface area (Å²) in [5, 5.41) is 1.18. The Morgan fingerprint density at radius 1 is 1.21 bits per heavy atom. The predicted molar refractivity (Wildman–Crippen MR) is 94.5 cm³/mol. The van der Waals surface area contributed by atoms with E-state index in [-0.39, 0.29) is 10.8 Å². The summed E-state index contributed by atoms with van der Waals surface area (Å²) in [6, 6.07) is 4.93. The van der Waals surface area contributed by atoms with E-state index in [1.165, 1.54) is 30.7 Å². The normalized spacial score (nSPS) is 19.2. The summed E-state index contributed by atoms with van der Waals surface area (Å²) in [6.45, 7) is 6.34. The van der Waals surface area contributed by atoms with Crippen LogP contribution in [0.4, 0.5) is 0 Å². The first kappa shape index (κ1) is 17.2. The number of amides is 1. The van der Waals surface area contributed by atoms with Gasteiger partial charge < -0.3 is 9.80 Å². The number of hydrogen-bond acceptors (Lipinski definition) is 4. The molecule has 0 N–H and O–H groups in total. The molecular formula is C18H24N2O3S. The summed E-state index contributed by atoms with van der Waals surface area (Å²) in [4.78, 5) is 17.3. The van der Waals surface area contributed by atoms with Gasteiger partial charge in [0.1, 0.15) is 0 Å². The molecule has 0 radical (unpaired) electrons. The number of rotatable bonds is 5. The Labute approximate surface area is 143 Å². The van der Waals surface area contributed by atoms with Crippen molar-refractivity contribution in [3.8, 4) is 0 Å². The highest BCUT2D eigenvalue weighted by atomic mass is 32.2. The van der Waals surface area contributed by atoms with Crippen molar-refractivity contribution in [2.24, 2.45) is 0 Å². The molecule has 1 saturated heterocycles. The molecule has 2 aliphatic heterocycles. The Hall–Kier alpha value is -1.66. The maximum absolute atomic E-state index is 12.9. The van der Waals surface area contributed by atoms with Crippen molar-refractivity contribution in [2.75, 3.05) is 32.7 Å². The predicted octanol–water partition coefficient (Wildman–Crippen LogP) is 2.39. The maximum atomic E-state index is 12.9. The molecule has 3 rings (SSSR count). The Kier molecular flexibility index (Phi) is 5.06. The summed E-state index contributed by atoms with van der Waals surface area (Å²) in [6.07, 6.45) is 5.30. The molecule has 1 aromatic rings. The van der Waals surface area contributed by atoms with Gasteiger partial charge in [0.25, 0.3) is 5.91 Å². The van der Waals surface area contributed by atoms with E-state index in [4.69, 9.17) is 0 Å². The van der Waals surface area contributed by atoms with Crippen LogP contribution in [0.25, 0.3) is 6.08 Å². The lowest BCUT2D eigenvalue weighted by atomic mass is 10.1. The lowest BCUT2D eigenvalue weighted by Crippen LogP contribution is -2.40. The van der Waals surface area contributed by atoms with Gasteiger partial charge in [0.2, 0.25) is 0 Å². The van der Waals surface area contributed by atoms with Crippen molar-refractivity contribution in [3.63, 3.8) is 0 Å². The number of likely N-dealkylation sites (N-methyl/N-ethyl adjacent to an activating group) is 1. The van der Waals surface area contributed by atoms with Gasteiger partial charge in [-0.25, -0.2) is 8.42 Å². The third kappa shape index (κ3) is 3.39. The van der Waals surface area contributed by atoms with E-state index in [1.807, 2.05) is 11.8 Å². The van der Waals surface area contributed by atoms with Gasteiger partial charge in [0.15, 0.2) is 9.84 Å². The summed E-state index contributed by atoms with van der Waals surface area (Å²) >= 11 is 0. The molecule has 6 heteroatoms. The molecule has 0 aliphatic carbocycles. The van der Waals surface area contributed by atoms with Crippen molar-refractivity contribution in [1.29, 1.82) is 0 Å². The largest absolute Gasteiger partial charge is 0.338 e. The molecule has 0 bridgehead atoms. The van der Waals surface area contributed by atoms with Crippen LogP contribution in [0.5, 0.6) is 0 Å². The minimum Gasteiger partial charge on any atom is -0.338 e. The number of nitrogens with zero attached hydrogens (tertiary/aromatic N) is 2. The first-order valence-corrected chi connectivity index (χ1v) is 10.2. The second-order valence-corrected chi connectivity index (χ2v) is 8.15. The molecule has 24 heavy (non-hydrogen) atoms. The fourth-order valence-corrected chi connectivity index (χ4v) is 4.61. The van der Waals surface area contributed by atoms with E-state index < -0.39 is 9.84 Å². The molecule has 0 saturated carbocycles. The first-order chi connectivity index (χ1) is 11.5. The number of piperidine rings is 1. The number of likely N-dealkylation sites (tertiary alicyclic amines) is 1. The van der Waals surface area contributed by atoms with Gasteiger partial charge in [0.05, 0.1) is 4.90 Å². The molecule has 0 spiro atoms. The third-order valence-electron chi connectivity index (χ3n) is 4.82. The molecule has 5 nitrogen and oxygen atoms in total. The Balaban J connectivity index is 1.75. The average molecular weight is 348 g/mol. The van der Waals surface area contributed by atoms with Crippen molar-refractivity contribution in [3.05, 3.63) is 34.7 Å². The molecule has 2 aliphatic rings. The van der Waals surface area contributed by atoms with Crippen LogP contribution in [0.3, 0.4) is 0 Å². The zero-order valence-corrected chi connectivity index (χ0v) is 14.9. The highest BCUT2D eigenvalue weighted by molar-refractivity contribution is 7.94. The van der Waals surface area contributed by atoms with Gasteiger partial charge in [-0.15, -0.1) is 0 Å². The lowest BCUT2D eigenvalue weighted by Gasteiger charge is -2.29. The van der Waals surface area contributed by atoms with Gasteiger partial charge >= 0.3 is 0 Å². The van der Waals surface area contributed by atoms with Gasteiger partial charge in [-0.1, -0.05) is 12.5 Å². The van der Waals surface area contributed by atoms with Crippen molar-refractivity contribution < 1.29 is 13.2 Å². The van der Waals surface area contributed by atoms with Crippen LogP contribution in [0.15, 0.2) is 28.5 Å². The first-order valence-electron chi connectivity index (χ1n) is 8.61. The highest BCUT2D eigenvalue weighted by Gasteiger charge is 2.27. The smallest absolute Gasteiger partial charge is 0.254 e. The summed E-state index contributed by atoms with van der Waals surface area (Å²) in [7, 11) is -3.38.